The van der Waals surface area contributed by atoms with Gasteiger partial charge in [-0.05, 0) is 25.1 Å². The van der Waals surface area contributed by atoms with E-state index in [2.05, 4.69) is 5.32 Å². The molecule has 0 atom stereocenters. The van der Waals surface area contributed by atoms with Crippen LogP contribution in [0.2, 0.25) is 0 Å². The Morgan fingerprint density at radius 1 is 1.14 bits per heavy atom. The molecule has 0 unspecified atom stereocenters. The smallest absolute Gasteiger partial charge is 0.344 e. The lowest BCUT2D eigenvalue weighted by molar-refractivity contribution is -0.145. The lowest BCUT2D eigenvalue weighted by Gasteiger charge is -2.12. The van der Waals surface area contributed by atoms with Crippen LogP contribution in [0.5, 0.6) is 5.75 Å². The molecule has 7 nitrogen and oxygen atoms in total. The van der Waals surface area contributed by atoms with Gasteiger partial charge in [0.05, 0.1) is 13.2 Å². The summed E-state index contributed by atoms with van der Waals surface area (Å²) in [6.45, 7) is 1.47. The number of halogens is 1. The number of nitrogens with one attached hydrogen (secondary N) is 1. The van der Waals surface area contributed by atoms with Crippen LogP contribution in [0.15, 0.2) is 54.2 Å². The first kappa shape index (κ1) is 20.1. The number of carbonyl (C=O) groups is 3. The van der Waals surface area contributed by atoms with Gasteiger partial charge in [0, 0.05) is 11.1 Å². The molecular weight excluding hydrogens is 379 g/mol. The Balaban J connectivity index is 1.77. The van der Waals surface area contributed by atoms with Crippen LogP contribution in [-0.2, 0) is 20.9 Å². The molecule has 1 aliphatic heterocycles. The van der Waals surface area contributed by atoms with E-state index in [1.807, 2.05) is 0 Å². The highest BCUT2D eigenvalue weighted by Crippen LogP contribution is 2.23. The fourth-order valence-electron chi connectivity index (χ4n) is 2.74. The second-order valence-corrected chi connectivity index (χ2v) is 6.10. The minimum atomic E-state index is -0.644. The number of para-hydroxylation sites is 1. The molecule has 0 spiro atoms. The molecule has 2 aromatic rings. The van der Waals surface area contributed by atoms with Crippen LogP contribution in [0.3, 0.4) is 0 Å². The number of carbonyl (C=O) groups excluding carboxylic acids is 3. The predicted molar refractivity (Wildman–Crippen MR) is 102 cm³/mol. The van der Waals surface area contributed by atoms with E-state index >= 15 is 0 Å². The highest BCUT2D eigenvalue weighted by atomic mass is 19.1. The molecule has 3 amide bonds. The Bertz CT molecular complexity index is 973. The fraction of sp³-hybridized carbons (Fsp3) is 0.190. The van der Waals surface area contributed by atoms with Crippen LogP contribution < -0.4 is 10.1 Å². The Labute approximate surface area is 166 Å². The van der Waals surface area contributed by atoms with Gasteiger partial charge in [0.2, 0.25) is 0 Å². The van der Waals surface area contributed by atoms with Crippen molar-refractivity contribution >= 4 is 24.0 Å². The van der Waals surface area contributed by atoms with Crippen molar-refractivity contribution in [1.82, 2.24) is 10.2 Å². The van der Waals surface area contributed by atoms with Gasteiger partial charge in [0.25, 0.3) is 5.91 Å². The van der Waals surface area contributed by atoms with Gasteiger partial charge in [-0.3, -0.25) is 9.69 Å². The minimum Gasteiger partial charge on any atom is -0.481 e. The highest BCUT2D eigenvalue weighted by Gasteiger charge is 2.34. The summed E-state index contributed by atoms with van der Waals surface area (Å²) in [5.74, 6) is -1.25. The third kappa shape index (κ3) is 4.78. The number of ether oxygens (including phenoxy) is 2. The third-order valence-corrected chi connectivity index (χ3v) is 4.12. The number of benzene rings is 2. The second-order valence-electron chi connectivity index (χ2n) is 6.10. The van der Waals surface area contributed by atoms with Gasteiger partial charge >= 0.3 is 12.0 Å². The third-order valence-electron chi connectivity index (χ3n) is 4.12. The predicted octanol–water partition coefficient (Wildman–Crippen LogP) is 2.86. The number of amides is 3. The molecule has 8 heteroatoms. The molecule has 1 fully saturated rings. The average Bonchev–Trinajstić information content (AvgIpc) is 2.96. The molecule has 1 aliphatic rings. The molecule has 1 saturated heterocycles. The summed E-state index contributed by atoms with van der Waals surface area (Å²) in [6, 6.07) is 12.0. The zero-order valence-electron chi connectivity index (χ0n) is 15.7. The molecule has 0 saturated carbocycles. The summed E-state index contributed by atoms with van der Waals surface area (Å²) in [5, 5.41) is 2.48. The monoisotopic (exact) mass is 398 g/mol. The highest BCUT2D eigenvalue weighted by molar-refractivity contribution is 6.14. The zero-order valence-corrected chi connectivity index (χ0v) is 15.7. The zero-order chi connectivity index (χ0) is 20.8. The van der Waals surface area contributed by atoms with Crippen LogP contribution in [0, 0.1) is 5.82 Å². The van der Waals surface area contributed by atoms with Crippen molar-refractivity contribution in [3.8, 4) is 5.75 Å². The number of hydrogen-bond donors (Lipinski definition) is 1. The molecule has 1 N–H and O–H groups in total. The van der Waals surface area contributed by atoms with E-state index in [9.17, 15) is 18.8 Å². The molecule has 150 valence electrons. The molecule has 2 aromatic carbocycles. The summed E-state index contributed by atoms with van der Waals surface area (Å²) in [4.78, 5) is 37.3. The van der Waals surface area contributed by atoms with Gasteiger partial charge in [-0.15, -0.1) is 0 Å². The topological polar surface area (TPSA) is 84.9 Å². The van der Waals surface area contributed by atoms with Crippen molar-refractivity contribution in [2.45, 2.75) is 13.5 Å². The lowest BCUT2D eigenvalue weighted by Crippen LogP contribution is -2.30. The van der Waals surface area contributed by atoms with Gasteiger partial charge in [-0.2, -0.15) is 0 Å². The molecule has 0 bridgehead atoms. The summed E-state index contributed by atoms with van der Waals surface area (Å²) in [6.07, 6.45) is 1.45. The number of nitrogens with zero attached hydrogens (tertiary/aromatic N) is 1. The van der Waals surface area contributed by atoms with Crippen LogP contribution in [0.25, 0.3) is 6.08 Å². The number of rotatable bonds is 7. The first-order valence-corrected chi connectivity index (χ1v) is 8.95. The van der Waals surface area contributed by atoms with E-state index in [4.69, 9.17) is 9.47 Å². The maximum Gasteiger partial charge on any atom is 0.344 e. The minimum absolute atomic E-state index is 0.0264. The van der Waals surface area contributed by atoms with Gasteiger partial charge in [0.1, 0.15) is 17.3 Å². The van der Waals surface area contributed by atoms with Crippen molar-refractivity contribution in [1.29, 1.82) is 0 Å². The van der Waals surface area contributed by atoms with E-state index < -0.39 is 23.7 Å². The quantitative estimate of drug-likeness (QED) is 0.440. The largest absolute Gasteiger partial charge is 0.481 e. The maximum atomic E-state index is 13.9. The summed E-state index contributed by atoms with van der Waals surface area (Å²) < 4.78 is 24.1. The van der Waals surface area contributed by atoms with Gasteiger partial charge < -0.3 is 14.8 Å². The Morgan fingerprint density at radius 2 is 1.86 bits per heavy atom. The van der Waals surface area contributed by atoms with Crippen molar-refractivity contribution in [3.05, 3.63) is 71.2 Å². The lowest BCUT2D eigenvalue weighted by atomic mass is 10.1. The van der Waals surface area contributed by atoms with E-state index in [-0.39, 0.29) is 31.0 Å². The summed E-state index contributed by atoms with van der Waals surface area (Å²) in [7, 11) is 0. The molecule has 0 radical (unpaired) electrons. The second kappa shape index (κ2) is 9.01. The molecular formula is C21H19FN2O5. The van der Waals surface area contributed by atoms with E-state index in [1.54, 1.807) is 37.3 Å². The first-order chi connectivity index (χ1) is 14.0. The van der Waals surface area contributed by atoms with Gasteiger partial charge in [-0.25, -0.2) is 14.0 Å². The van der Waals surface area contributed by atoms with E-state index in [0.29, 0.717) is 11.3 Å². The molecule has 0 aromatic heterocycles. The van der Waals surface area contributed by atoms with Crippen molar-refractivity contribution in [3.63, 3.8) is 0 Å². The summed E-state index contributed by atoms with van der Waals surface area (Å²) >= 11 is 0. The number of esters is 1. The van der Waals surface area contributed by atoms with Crippen molar-refractivity contribution < 1.29 is 28.2 Å². The molecule has 3 rings (SSSR count). The standard InChI is InChI=1S/C21H19FN2O5/c1-2-28-19(25)13-29-18-10-6-4-7-14(18)11-17-20(26)24(21(27)23-17)12-15-8-3-5-9-16(15)22/h3-11H,2,12-13H2,1H3,(H,23,27)/b17-11-. The van der Waals surface area contributed by atoms with Gasteiger partial charge in [-0.1, -0.05) is 36.4 Å². The molecule has 29 heavy (non-hydrogen) atoms. The van der Waals surface area contributed by atoms with Crippen LogP contribution in [-0.4, -0.2) is 36.0 Å². The number of urea groups is 1. The number of imide groups is 1. The number of hydrogen-bond acceptors (Lipinski definition) is 5. The van der Waals surface area contributed by atoms with E-state index in [1.165, 1.54) is 24.3 Å². The van der Waals surface area contributed by atoms with E-state index in [0.717, 1.165) is 4.90 Å². The summed E-state index contributed by atoms with van der Waals surface area (Å²) in [5.41, 5.74) is 0.752. The SMILES string of the molecule is CCOC(=O)COc1ccccc1/C=C1\NC(=O)N(Cc2ccccc2F)C1=O. The van der Waals surface area contributed by atoms with Crippen LogP contribution in [0.1, 0.15) is 18.1 Å². The van der Waals surface area contributed by atoms with Crippen LogP contribution in [0.4, 0.5) is 9.18 Å². The molecule has 1 heterocycles. The maximum absolute atomic E-state index is 13.9. The van der Waals surface area contributed by atoms with Gasteiger partial charge in [0.15, 0.2) is 6.61 Å². The Morgan fingerprint density at radius 3 is 2.62 bits per heavy atom. The van der Waals surface area contributed by atoms with Crippen molar-refractivity contribution in [2.75, 3.05) is 13.2 Å². The Hall–Kier alpha value is -3.68. The Kier molecular flexibility index (Phi) is 6.23. The normalized spacial score (nSPS) is 14.8. The average molecular weight is 398 g/mol. The van der Waals surface area contributed by atoms with Crippen molar-refractivity contribution in [2.24, 2.45) is 0 Å². The first-order valence-electron chi connectivity index (χ1n) is 8.95. The fourth-order valence-corrected chi connectivity index (χ4v) is 2.74. The van der Waals surface area contributed by atoms with Crippen LogP contribution >= 0.6 is 0 Å². The molecule has 0 aliphatic carbocycles.